The quantitative estimate of drug-likeness (QED) is 0.641. The SMILES string of the molecule is Cc1ccc(C(=O)Nc2nnc(SCC(=O)N3CCCCC3)s2)cc1. The van der Waals surface area contributed by atoms with Gasteiger partial charge in [0.15, 0.2) is 4.34 Å². The molecule has 25 heavy (non-hydrogen) atoms. The summed E-state index contributed by atoms with van der Waals surface area (Å²) in [6.07, 6.45) is 3.38. The minimum absolute atomic E-state index is 0.144. The number of piperidine rings is 1. The molecule has 2 heterocycles. The van der Waals surface area contributed by atoms with E-state index in [0.29, 0.717) is 20.8 Å². The zero-order valence-corrected chi connectivity index (χ0v) is 15.7. The third kappa shape index (κ3) is 5.02. The topological polar surface area (TPSA) is 75.2 Å². The van der Waals surface area contributed by atoms with E-state index in [-0.39, 0.29) is 11.8 Å². The normalized spacial score (nSPS) is 14.4. The Morgan fingerprint density at radius 2 is 1.88 bits per heavy atom. The molecule has 2 amide bonds. The molecule has 0 aliphatic carbocycles. The third-order valence-corrected chi connectivity index (χ3v) is 5.93. The molecular formula is C17H20N4O2S2. The summed E-state index contributed by atoms with van der Waals surface area (Å²) < 4.78 is 0.685. The van der Waals surface area contributed by atoms with Gasteiger partial charge >= 0.3 is 0 Å². The van der Waals surface area contributed by atoms with Gasteiger partial charge in [-0.1, -0.05) is 40.8 Å². The zero-order chi connectivity index (χ0) is 17.6. The van der Waals surface area contributed by atoms with Crippen LogP contribution in [-0.4, -0.2) is 45.8 Å². The lowest BCUT2D eigenvalue weighted by Crippen LogP contribution is -2.36. The molecule has 2 aromatic rings. The summed E-state index contributed by atoms with van der Waals surface area (Å²) >= 11 is 2.66. The van der Waals surface area contributed by atoms with E-state index < -0.39 is 0 Å². The molecule has 1 aliphatic rings. The Hall–Kier alpha value is -1.93. The minimum atomic E-state index is -0.211. The van der Waals surface area contributed by atoms with Gasteiger partial charge in [-0.3, -0.25) is 14.9 Å². The van der Waals surface area contributed by atoms with Crippen LogP contribution in [0.15, 0.2) is 28.6 Å². The number of nitrogens with one attached hydrogen (secondary N) is 1. The lowest BCUT2D eigenvalue weighted by Gasteiger charge is -2.26. The minimum Gasteiger partial charge on any atom is -0.342 e. The number of carbonyl (C=O) groups excluding carboxylic acids is 2. The standard InChI is InChI=1S/C17H20N4O2S2/c1-12-5-7-13(8-6-12)15(23)18-16-19-20-17(25-16)24-11-14(22)21-9-3-2-4-10-21/h5-8H,2-4,9-11H2,1H3,(H,18,19,23). The average molecular weight is 377 g/mol. The van der Waals surface area contributed by atoms with Gasteiger partial charge in [-0.05, 0) is 38.3 Å². The Morgan fingerprint density at radius 3 is 2.60 bits per heavy atom. The first-order valence-electron chi connectivity index (χ1n) is 8.24. The number of aromatic nitrogens is 2. The highest BCUT2D eigenvalue weighted by Gasteiger charge is 2.17. The van der Waals surface area contributed by atoms with Crippen molar-refractivity contribution in [3.05, 3.63) is 35.4 Å². The van der Waals surface area contributed by atoms with Crippen LogP contribution in [0.5, 0.6) is 0 Å². The van der Waals surface area contributed by atoms with Gasteiger partial charge in [0.05, 0.1) is 5.75 Å². The summed E-state index contributed by atoms with van der Waals surface area (Å²) in [7, 11) is 0. The van der Waals surface area contributed by atoms with Gasteiger partial charge in [-0.25, -0.2) is 0 Å². The number of nitrogens with zero attached hydrogens (tertiary/aromatic N) is 3. The number of anilines is 1. The first-order chi connectivity index (χ1) is 12.1. The van der Waals surface area contributed by atoms with E-state index in [9.17, 15) is 9.59 Å². The van der Waals surface area contributed by atoms with E-state index in [1.54, 1.807) is 12.1 Å². The molecule has 0 atom stereocenters. The molecule has 3 rings (SSSR count). The second kappa shape index (κ2) is 8.44. The number of thioether (sulfide) groups is 1. The molecule has 1 N–H and O–H groups in total. The Kier molecular flexibility index (Phi) is 6.04. The molecule has 1 aliphatic heterocycles. The highest BCUT2D eigenvalue weighted by molar-refractivity contribution is 8.01. The highest BCUT2D eigenvalue weighted by Crippen LogP contribution is 2.26. The van der Waals surface area contributed by atoms with E-state index in [0.717, 1.165) is 31.5 Å². The van der Waals surface area contributed by atoms with Crippen molar-refractivity contribution in [1.82, 2.24) is 15.1 Å². The van der Waals surface area contributed by atoms with Gasteiger partial charge in [0.2, 0.25) is 11.0 Å². The largest absolute Gasteiger partial charge is 0.342 e. The maximum absolute atomic E-state index is 12.2. The van der Waals surface area contributed by atoms with Gasteiger partial charge in [0.1, 0.15) is 0 Å². The van der Waals surface area contributed by atoms with E-state index in [1.165, 1.54) is 29.5 Å². The van der Waals surface area contributed by atoms with Crippen molar-refractivity contribution < 1.29 is 9.59 Å². The smallest absolute Gasteiger partial charge is 0.257 e. The number of aryl methyl sites for hydroxylation is 1. The molecule has 1 fully saturated rings. The van der Waals surface area contributed by atoms with Gasteiger partial charge < -0.3 is 4.90 Å². The fourth-order valence-corrected chi connectivity index (χ4v) is 4.20. The third-order valence-electron chi connectivity index (χ3n) is 3.97. The van der Waals surface area contributed by atoms with Crippen molar-refractivity contribution in [3.8, 4) is 0 Å². The van der Waals surface area contributed by atoms with Crippen molar-refractivity contribution >= 4 is 40.0 Å². The van der Waals surface area contributed by atoms with Crippen molar-refractivity contribution in [3.63, 3.8) is 0 Å². The molecule has 8 heteroatoms. The summed E-state index contributed by atoms with van der Waals surface area (Å²) in [4.78, 5) is 26.2. The van der Waals surface area contributed by atoms with E-state index >= 15 is 0 Å². The predicted molar refractivity (Wildman–Crippen MR) is 100 cm³/mol. The van der Waals surface area contributed by atoms with Crippen LogP contribution in [0.2, 0.25) is 0 Å². The summed E-state index contributed by atoms with van der Waals surface area (Å²) in [5.41, 5.74) is 1.68. The molecular weight excluding hydrogens is 356 g/mol. The number of benzene rings is 1. The molecule has 0 radical (unpaired) electrons. The van der Waals surface area contributed by atoms with Crippen LogP contribution in [0, 0.1) is 6.92 Å². The average Bonchev–Trinajstić information content (AvgIpc) is 3.08. The molecule has 0 saturated carbocycles. The Morgan fingerprint density at radius 1 is 1.16 bits per heavy atom. The number of hydrogen-bond donors (Lipinski definition) is 1. The van der Waals surface area contributed by atoms with Crippen molar-refractivity contribution in [2.45, 2.75) is 30.5 Å². The first kappa shape index (κ1) is 17.9. The van der Waals surface area contributed by atoms with Crippen molar-refractivity contribution in [1.29, 1.82) is 0 Å². The maximum atomic E-state index is 12.2. The Balaban J connectivity index is 1.51. The molecule has 1 aromatic heterocycles. The summed E-state index contributed by atoms with van der Waals surface area (Å²) in [5.74, 6) is 0.294. The molecule has 0 unspecified atom stereocenters. The van der Waals surface area contributed by atoms with Crippen molar-refractivity contribution in [2.75, 3.05) is 24.2 Å². The van der Waals surface area contributed by atoms with Crippen LogP contribution in [0.3, 0.4) is 0 Å². The van der Waals surface area contributed by atoms with Crippen LogP contribution in [0.4, 0.5) is 5.13 Å². The molecule has 6 nitrogen and oxygen atoms in total. The van der Waals surface area contributed by atoms with Gasteiger partial charge in [-0.15, -0.1) is 10.2 Å². The lowest BCUT2D eigenvalue weighted by molar-refractivity contribution is -0.129. The van der Waals surface area contributed by atoms with Gasteiger partial charge in [0.25, 0.3) is 5.91 Å². The van der Waals surface area contributed by atoms with Crippen LogP contribution in [-0.2, 0) is 4.79 Å². The monoisotopic (exact) mass is 376 g/mol. The van der Waals surface area contributed by atoms with Crippen LogP contribution < -0.4 is 5.32 Å². The summed E-state index contributed by atoms with van der Waals surface area (Å²) in [6.45, 7) is 3.68. The number of likely N-dealkylation sites (tertiary alicyclic amines) is 1. The second-order valence-corrected chi connectivity index (χ2v) is 8.12. The van der Waals surface area contributed by atoms with E-state index in [2.05, 4.69) is 15.5 Å². The second-order valence-electron chi connectivity index (χ2n) is 5.92. The first-order valence-corrected chi connectivity index (χ1v) is 10.0. The van der Waals surface area contributed by atoms with Crippen LogP contribution in [0.25, 0.3) is 0 Å². The summed E-state index contributed by atoms with van der Waals surface area (Å²) in [5, 5.41) is 11.2. The van der Waals surface area contributed by atoms with Gasteiger partial charge in [-0.2, -0.15) is 0 Å². The highest BCUT2D eigenvalue weighted by atomic mass is 32.2. The Bertz CT molecular complexity index is 739. The number of rotatable bonds is 5. The van der Waals surface area contributed by atoms with E-state index in [4.69, 9.17) is 0 Å². The molecule has 1 saturated heterocycles. The maximum Gasteiger partial charge on any atom is 0.257 e. The van der Waals surface area contributed by atoms with Gasteiger partial charge in [0, 0.05) is 18.7 Å². The number of amides is 2. The lowest BCUT2D eigenvalue weighted by atomic mass is 10.1. The van der Waals surface area contributed by atoms with Crippen LogP contribution >= 0.6 is 23.1 Å². The van der Waals surface area contributed by atoms with Crippen LogP contribution in [0.1, 0.15) is 35.2 Å². The Labute approximate surface area is 155 Å². The number of carbonyl (C=O) groups is 2. The van der Waals surface area contributed by atoms with Crippen molar-refractivity contribution in [2.24, 2.45) is 0 Å². The fraction of sp³-hybridized carbons (Fsp3) is 0.412. The summed E-state index contributed by atoms with van der Waals surface area (Å²) in [6, 6.07) is 7.34. The molecule has 132 valence electrons. The molecule has 0 bridgehead atoms. The number of hydrogen-bond acceptors (Lipinski definition) is 6. The molecule has 0 spiro atoms. The predicted octanol–water partition coefficient (Wildman–Crippen LogP) is 3.20. The fourth-order valence-electron chi connectivity index (χ4n) is 2.55. The molecule has 1 aromatic carbocycles. The zero-order valence-electron chi connectivity index (χ0n) is 14.0. The van der Waals surface area contributed by atoms with E-state index in [1.807, 2.05) is 24.0 Å².